The Balaban J connectivity index is 2.03. The van der Waals surface area contributed by atoms with Crippen molar-refractivity contribution < 1.29 is 24.0 Å². The molecular weight excluding hydrogens is 322 g/mol. The Morgan fingerprint density at radius 3 is 2.68 bits per heavy atom. The lowest BCUT2D eigenvalue weighted by Gasteiger charge is -2.23. The van der Waals surface area contributed by atoms with Gasteiger partial charge in [-0.25, -0.2) is 0 Å². The van der Waals surface area contributed by atoms with E-state index in [-0.39, 0.29) is 24.4 Å². The van der Waals surface area contributed by atoms with Gasteiger partial charge >= 0.3 is 0 Å². The molecule has 25 heavy (non-hydrogen) atoms. The van der Waals surface area contributed by atoms with Crippen molar-refractivity contribution >= 4 is 11.8 Å². The fourth-order valence-corrected chi connectivity index (χ4v) is 3.21. The maximum atomic E-state index is 12.2. The van der Waals surface area contributed by atoms with E-state index in [2.05, 4.69) is 5.32 Å². The molecule has 1 unspecified atom stereocenters. The molecule has 7 nitrogen and oxygen atoms in total. The fraction of sp³-hybridized carbons (Fsp3) is 0.556. The summed E-state index contributed by atoms with van der Waals surface area (Å²) in [5.41, 5.74) is 1.09. The highest BCUT2D eigenvalue weighted by Crippen LogP contribution is 2.31. The first-order chi connectivity index (χ1) is 12.0. The molecule has 1 aliphatic heterocycles. The monoisotopic (exact) mass is 350 g/mol. The van der Waals surface area contributed by atoms with Gasteiger partial charge in [-0.3, -0.25) is 9.59 Å². The van der Waals surface area contributed by atoms with Gasteiger partial charge in [0.05, 0.1) is 32.9 Å². The average molecular weight is 350 g/mol. The summed E-state index contributed by atoms with van der Waals surface area (Å²) in [7, 11) is 6.62. The van der Waals surface area contributed by atoms with Crippen molar-refractivity contribution in [3.63, 3.8) is 0 Å². The third-order valence-electron chi connectivity index (χ3n) is 4.62. The Morgan fingerprint density at radius 2 is 2.04 bits per heavy atom. The van der Waals surface area contributed by atoms with Crippen LogP contribution in [-0.2, 0) is 9.59 Å². The van der Waals surface area contributed by atoms with Crippen molar-refractivity contribution in [1.82, 2.24) is 10.2 Å². The molecule has 138 valence electrons. The smallest absolute Gasteiger partial charge is 0.275 e. The summed E-state index contributed by atoms with van der Waals surface area (Å²) in [5.74, 6) is 1.31. The maximum absolute atomic E-state index is 12.2. The highest BCUT2D eigenvalue weighted by molar-refractivity contribution is 5.84. The number of carbonyl (C=O) groups excluding carboxylic acids is 2. The minimum absolute atomic E-state index is 0.0373. The molecule has 2 N–H and O–H groups in total. The number of likely N-dealkylation sites (N-methyl/N-ethyl adjacent to an activating group) is 1. The standard InChI is InChI=1S/C18H27N3O4/c1-20(2)18(23)11-19-17(22)12-21-9-5-6-15(21)14-8-7-13(24-3)10-16(14)25-4/h7-8,10,15H,5-6,9,11-12H2,1-4H3,(H,19,22)/p+1/t15-/m1/s1. The number of hydrogen-bond acceptors (Lipinski definition) is 4. The molecule has 1 aromatic rings. The highest BCUT2D eigenvalue weighted by atomic mass is 16.5. The molecule has 0 radical (unpaired) electrons. The number of carbonyl (C=O) groups is 2. The number of methoxy groups -OCH3 is 2. The maximum Gasteiger partial charge on any atom is 0.275 e. The molecule has 0 spiro atoms. The third-order valence-corrected chi connectivity index (χ3v) is 4.62. The number of rotatable bonds is 7. The van der Waals surface area contributed by atoms with Gasteiger partial charge in [0.2, 0.25) is 5.91 Å². The molecule has 0 aromatic heterocycles. The van der Waals surface area contributed by atoms with E-state index >= 15 is 0 Å². The third kappa shape index (κ3) is 4.85. The molecule has 1 heterocycles. The van der Waals surface area contributed by atoms with Crippen molar-refractivity contribution in [2.24, 2.45) is 0 Å². The van der Waals surface area contributed by atoms with Gasteiger partial charge in [0.1, 0.15) is 17.5 Å². The number of quaternary nitrogens is 1. The average Bonchev–Trinajstić information content (AvgIpc) is 3.06. The summed E-state index contributed by atoms with van der Waals surface area (Å²) in [5, 5.41) is 2.71. The van der Waals surface area contributed by atoms with Gasteiger partial charge in [0.25, 0.3) is 5.91 Å². The van der Waals surface area contributed by atoms with Crippen LogP contribution in [0.5, 0.6) is 11.5 Å². The molecule has 2 atom stereocenters. The minimum atomic E-state index is -0.113. The van der Waals surface area contributed by atoms with Gasteiger partial charge in [0.15, 0.2) is 6.54 Å². The molecule has 1 saturated heterocycles. The van der Waals surface area contributed by atoms with Crippen molar-refractivity contribution in [1.29, 1.82) is 0 Å². The summed E-state index contributed by atoms with van der Waals surface area (Å²) in [4.78, 5) is 26.5. The molecule has 1 aromatic carbocycles. The number of nitrogens with zero attached hydrogens (tertiary/aromatic N) is 1. The lowest BCUT2D eigenvalue weighted by molar-refractivity contribution is -0.910. The molecule has 1 fully saturated rings. The van der Waals surface area contributed by atoms with Crippen LogP contribution in [-0.4, -0.2) is 64.7 Å². The molecule has 1 aliphatic rings. The zero-order chi connectivity index (χ0) is 18.4. The summed E-state index contributed by atoms with van der Waals surface area (Å²) in [6.45, 7) is 1.31. The predicted octanol–water partition coefficient (Wildman–Crippen LogP) is -0.372. The van der Waals surface area contributed by atoms with Crippen molar-refractivity contribution in [3.8, 4) is 11.5 Å². The Labute approximate surface area is 148 Å². The number of amides is 2. The van der Waals surface area contributed by atoms with E-state index < -0.39 is 0 Å². The summed E-state index contributed by atoms with van der Waals surface area (Å²) < 4.78 is 10.8. The van der Waals surface area contributed by atoms with E-state index in [9.17, 15) is 9.59 Å². The fourth-order valence-electron chi connectivity index (χ4n) is 3.21. The molecule has 2 amide bonds. The number of benzene rings is 1. The van der Waals surface area contributed by atoms with Crippen LogP contribution in [0.15, 0.2) is 18.2 Å². The van der Waals surface area contributed by atoms with Crippen LogP contribution in [0.4, 0.5) is 0 Å². The van der Waals surface area contributed by atoms with Crippen LogP contribution in [0.25, 0.3) is 0 Å². The van der Waals surface area contributed by atoms with Crippen LogP contribution >= 0.6 is 0 Å². The van der Waals surface area contributed by atoms with Gasteiger partial charge in [-0.05, 0) is 12.1 Å². The van der Waals surface area contributed by atoms with Crippen LogP contribution in [0.2, 0.25) is 0 Å². The van der Waals surface area contributed by atoms with E-state index in [1.54, 1.807) is 28.3 Å². The van der Waals surface area contributed by atoms with Crippen LogP contribution in [0, 0.1) is 0 Å². The Kier molecular flexibility index (Phi) is 6.64. The lowest BCUT2D eigenvalue weighted by atomic mass is 10.0. The van der Waals surface area contributed by atoms with Crippen molar-refractivity contribution in [2.75, 3.05) is 47.9 Å². The topological polar surface area (TPSA) is 72.3 Å². The SMILES string of the molecule is COc1ccc([C@H]2CCC[NH+]2CC(=O)NCC(=O)N(C)C)c(OC)c1. The van der Waals surface area contributed by atoms with E-state index in [0.717, 1.165) is 36.4 Å². The predicted molar refractivity (Wildman–Crippen MR) is 93.9 cm³/mol. The normalized spacial score (nSPS) is 19.4. The summed E-state index contributed by atoms with van der Waals surface area (Å²) in [6.07, 6.45) is 2.06. The second kappa shape index (κ2) is 8.71. The van der Waals surface area contributed by atoms with Gasteiger partial charge in [0, 0.05) is 33.0 Å². The Morgan fingerprint density at radius 1 is 1.28 bits per heavy atom. The van der Waals surface area contributed by atoms with Crippen molar-refractivity contribution in [3.05, 3.63) is 23.8 Å². The van der Waals surface area contributed by atoms with Gasteiger partial charge < -0.3 is 24.6 Å². The molecule has 7 heteroatoms. The molecular formula is C18H28N3O4+. The summed E-state index contributed by atoms with van der Waals surface area (Å²) in [6, 6.07) is 6.02. The molecule has 0 aliphatic carbocycles. The van der Waals surface area contributed by atoms with Gasteiger partial charge in [-0.1, -0.05) is 0 Å². The molecule has 0 bridgehead atoms. The zero-order valence-corrected chi connectivity index (χ0v) is 15.4. The minimum Gasteiger partial charge on any atom is -0.497 e. The molecule has 0 saturated carbocycles. The number of hydrogen-bond donors (Lipinski definition) is 2. The summed E-state index contributed by atoms with van der Waals surface area (Å²) >= 11 is 0. The van der Waals surface area contributed by atoms with E-state index in [4.69, 9.17) is 9.47 Å². The van der Waals surface area contributed by atoms with E-state index in [0.29, 0.717) is 6.54 Å². The first-order valence-corrected chi connectivity index (χ1v) is 8.49. The Hall–Kier alpha value is -2.28. The van der Waals surface area contributed by atoms with Crippen LogP contribution < -0.4 is 19.7 Å². The van der Waals surface area contributed by atoms with Gasteiger partial charge in [-0.2, -0.15) is 0 Å². The van der Waals surface area contributed by atoms with E-state index in [1.165, 1.54) is 9.80 Å². The van der Waals surface area contributed by atoms with E-state index in [1.807, 2.05) is 18.2 Å². The zero-order valence-electron chi connectivity index (χ0n) is 15.4. The Bertz CT molecular complexity index is 618. The largest absolute Gasteiger partial charge is 0.497 e. The second-order valence-corrected chi connectivity index (χ2v) is 6.45. The number of likely N-dealkylation sites (tertiary alicyclic amines) is 1. The lowest BCUT2D eigenvalue weighted by Crippen LogP contribution is -3.11. The highest BCUT2D eigenvalue weighted by Gasteiger charge is 2.33. The molecule has 2 rings (SSSR count). The van der Waals surface area contributed by atoms with Crippen LogP contribution in [0.1, 0.15) is 24.4 Å². The van der Waals surface area contributed by atoms with Gasteiger partial charge in [-0.15, -0.1) is 0 Å². The number of ether oxygens (including phenoxy) is 2. The first-order valence-electron chi connectivity index (χ1n) is 8.49. The quantitative estimate of drug-likeness (QED) is 0.704. The number of nitrogens with one attached hydrogen (secondary N) is 2. The first kappa shape index (κ1) is 19.1. The van der Waals surface area contributed by atoms with Crippen LogP contribution in [0.3, 0.4) is 0 Å². The van der Waals surface area contributed by atoms with Crippen molar-refractivity contribution in [2.45, 2.75) is 18.9 Å². The second-order valence-electron chi connectivity index (χ2n) is 6.45.